The van der Waals surface area contributed by atoms with Crippen LogP contribution in [-0.4, -0.2) is 9.78 Å². The largest absolute Gasteiger partial charge is 0.289 e. The molecule has 0 aliphatic rings. The van der Waals surface area contributed by atoms with E-state index < -0.39 is 12.0 Å². The van der Waals surface area contributed by atoms with Gasteiger partial charge < -0.3 is 0 Å². The molecule has 0 aliphatic carbocycles. The normalized spacial score (nSPS) is 11.1. The van der Waals surface area contributed by atoms with Gasteiger partial charge in [-0.15, -0.1) is 0 Å². The molecule has 1 aromatic heterocycles. The molecule has 90 valence electrons. The van der Waals surface area contributed by atoms with Crippen molar-refractivity contribution in [3.05, 3.63) is 51.4 Å². The fourth-order valence-electron chi connectivity index (χ4n) is 1.76. The summed E-state index contributed by atoms with van der Waals surface area (Å²) in [5, 5.41) is 2.41. The van der Waals surface area contributed by atoms with Gasteiger partial charge in [-0.2, -0.15) is 0 Å². The molecular formula is C12H12F2N2O. The lowest BCUT2D eigenvalue weighted by molar-refractivity contribution is 0.145. The number of aromatic amines is 1. The van der Waals surface area contributed by atoms with Gasteiger partial charge in [0.1, 0.15) is 5.69 Å². The number of H-pyrrole nitrogens is 1. The third-order valence-electron chi connectivity index (χ3n) is 2.57. The monoisotopic (exact) mass is 238 g/mol. The van der Waals surface area contributed by atoms with Crippen LogP contribution in [0.5, 0.6) is 0 Å². The number of benzene rings is 1. The summed E-state index contributed by atoms with van der Waals surface area (Å²) in [6, 6.07) is 6.38. The first-order chi connectivity index (χ1) is 7.99. The quantitative estimate of drug-likeness (QED) is 0.858. The number of aromatic nitrogens is 2. The third kappa shape index (κ3) is 2.13. The molecule has 0 spiro atoms. The molecule has 17 heavy (non-hydrogen) atoms. The summed E-state index contributed by atoms with van der Waals surface area (Å²) in [5.74, 6) is 0. The van der Waals surface area contributed by atoms with Gasteiger partial charge in [0, 0.05) is 6.07 Å². The van der Waals surface area contributed by atoms with Crippen LogP contribution in [0.4, 0.5) is 8.78 Å². The summed E-state index contributed by atoms with van der Waals surface area (Å²) in [5.41, 5.74) is 1.66. The number of hydrogen-bond acceptors (Lipinski definition) is 1. The van der Waals surface area contributed by atoms with Crippen molar-refractivity contribution >= 4 is 0 Å². The topological polar surface area (TPSA) is 37.8 Å². The molecule has 2 rings (SSSR count). The molecule has 0 fully saturated rings. The van der Waals surface area contributed by atoms with Crippen LogP contribution in [0.25, 0.3) is 5.69 Å². The SMILES string of the molecule is Cc1ccc(-n2[nH]c(C(F)F)cc2=O)c(C)c1. The predicted molar refractivity (Wildman–Crippen MR) is 60.8 cm³/mol. The second-order valence-corrected chi connectivity index (χ2v) is 3.98. The number of nitrogens with zero attached hydrogens (tertiary/aromatic N) is 1. The highest BCUT2D eigenvalue weighted by Crippen LogP contribution is 2.17. The van der Waals surface area contributed by atoms with Crippen molar-refractivity contribution in [2.75, 3.05) is 0 Å². The minimum absolute atomic E-state index is 0.366. The van der Waals surface area contributed by atoms with Crippen molar-refractivity contribution < 1.29 is 8.78 Å². The zero-order valence-corrected chi connectivity index (χ0v) is 9.50. The Morgan fingerprint density at radius 3 is 2.47 bits per heavy atom. The predicted octanol–water partition coefficient (Wildman–Crippen LogP) is 2.72. The van der Waals surface area contributed by atoms with Crippen LogP contribution in [0.15, 0.2) is 29.1 Å². The minimum Gasteiger partial charge on any atom is -0.289 e. The zero-order chi connectivity index (χ0) is 12.6. The lowest BCUT2D eigenvalue weighted by Crippen LogP contribution is -2.14. The van der Waals surface area contributed by atoms with Crippen LogP contribution in [-0.2, 0) is 0 Å². The average molecular weight is 238 g/mol. The van der Waals surface area contributed by atoms with E-state index in [0.717, 1.165) is 21.9 Å². The minimum atomic E-state index is -2.67. The van der Waals surface area contributed by atoms with Gasteiger partial charge in [-0.05, 0) is 25.5 Å². The van der Waals surface area contributed by atoms with Gasteiger partial charge in [-0.3, -0.25) is 9.89 Å². The van der Waals surface area contributed by atoms with Crippen LogP contribution in [0.2, 0.25) is 0 Å². The Hall–Kier alpha value is -1.91. The van der Waals surface area contributed by atoms with E-state index in [1.165, 1.54) is 0 Å². The molecule has 0 bridgehead atoms. The van der Waals surface area contributed by atoms with E-state index in [2.05, 4.69) is 5.10 Å². The van der Waals surface area contributed by atoms with Crippen LogP contribution >= 0.6 is 0 Å². The first-order valence-electron chi connectivity index (χ1n) is 5.17. The fourth-order valence-corrected chi connectivity index (χ4v) is 1.76. The molecular weight excluding hydrogens is 226 g/mol. The molecule has 0 amide bonds. The van der Waals surface area contributed by atoms with E-state index in [9.17, 15) is 13.6 Å². The molecule has 1 N–H and O–H groups in total. The number of hydrogen-bond donors (Lipinski definition) is 1. The molecule has 0 saturated heterocycles. The molecule has 1 aromatic carbocycles. The maximum Gasteiger partial charge on any atom is 0.279 e. The molecule has 0 aliphatic heterocycles. The smallest absolute Gasteiger partial charge is 0.279 e. The Kier molecular flexibility index (Phi) is 2.83. The fraction of sp³-hybridized carbons (Fsp3) is 0.250. The van der Waals surface area contributed by atoms with Crippen LogP contribution in [0.3, 0.4) is 0 Å². The standard InChI is InChI=1S/C12H12F2N2O/c1-7-3-4-10(8(2)5-7)16-11(17)6-9(15-16)12(13)14/h3-6,12,15H,1-2H3. The maximum atomic E-state index is 12.5. The average Bonchev–Trinajstić information content (AvgIpc) is 2.61. The Morgan fingerprint density at radius 1 is 1.24 bits per heavy atom. The maximum absolute atomic E-state index is 12.5. The highest BCUT2D eigenvalue weighted by atomic mass is 19.3. The summed E-state index contributed by atoms with van der Waals surface area (Å²) in [7, 11) is 0. The Bertz CT molecular complexity index is 599. The molecule has 5 heteroatoms. The zero-order valence-electron chi connectivity index (χ0n) is 9.50. The Balaban J connectivity index is 2.57. The van der Waals surface area contributed by atoms with Gasteiger partial charge in [0.15, 0.2) is 0 Å². The highest BCUT2D eigenvalue weighted by molar-refractivity contribution is 5.42. The van der Waals surface area contributed by atoms with Gasteiger partial charge in [0.2, 0.25) is 0 Å². The summed E-state index contributed by atoms with van der Waals surface area (Å²) < 4.78 is 26.0. The Morgan fingerprint density at radius 2 is 1.94 bits per heavy atom. The summed E-state index contributed by atoms with van der Waals surface area (Å²) in [4.78, 5) is 11.6. The highest BCUT2D eigenvalue weighted by Gasteiger charge is 2.13. The van der Waals surface area contributed by atoms with E-state index in [4.69, 9.17) is 0 Å². The van der Waals surface area contributed by atoms with Crippen molar-refractivity contribution in [1.29, 1.82) is 0 Å². The van der Waals surface area contributed by atoms with Gasteiger partial charge >= 0.3 is 0 Å². The van der Waals surface area contributed by atoms with E-state index in [1.807, 2.05) is 26.0 Å². The molecule has 0 atom stereocenters. The van der Waals surface area contributed by atoms with Crippen molar-refractivity contribution in [3.8, 4) is 5.69 Å². The molecule has 2 aromatic rings. The van der Waals surface area contributed by atoms with Crippen LogP contribution in [0, 0.1) is 13.8 Å². The van der Waals surface area contributed by atoms with Crippen molar-refractivity contribution in [1.82, 2.24) is 9.78 Å². The van der Waals surface area contributed by atoms with Crippen molar-refractivity contribution in [3.63, 3.8) is 0 Å². The second kappa shape index (κ2) is 4.16. The van der Waals surface area contributed by atoms with Gasteiger partial charge in [0.05, 0.1) is 5.69 Å². The first kappa shape index (κ1) is 11.6. The summed E-state index contributed by atoms with van der Waals surface area (Å²) in [6.07, 6.45) is -2.67. The molecule has 3 nitrogen and oxygen atoms in total. The molecule has 0 radical (unpaired) electrons. The number of aryl methyl sites for hydroxylation is 2. The van der Waals surface area contributed by atoms with Crippen LogP contribution in [0.1, 0.15) is 23.2 Å². The van der Waals surface area contributed by atoms with E-state index >= 15 is 0 Å². The van der Waals surface area contributed by atoms with Gasteiger partial charge in [-0.25, -0.2) is 13.5 Å². The summed E-state index contributed by atoms with van der Waals surface area (Å²) >= 11 is 0. The lowest BCUT2D eigenvalue weighted by atomic mass is 10.1. The van der Waals surface area contributed by atoms with Gasteiger partial charge in [-0.1, -0.05) is 17.7 Å². The van der Waals surface area contributed by atoms with E-state index in [0.29, 0.717) is 5.69 Å². The van der Waals surface area contributed by atoms with Crippen LogP contribution < -0.4 is 5.56 Å². The molecule has 1 heterocycles. The number of rotatable bonds is 2. The van der Waals surface area contributed by atoms with Crippen molar-refractivity contribution in [2.45, 2.75) is 20.3 Å². The third-order valence-corrected chi connectivity index (χ3v) is 2.57. The number of halogens is 2. The van der Waals surface area contributed by atoms with E-state index in [1.54, 1.807) is 6.07 Å². The number of alkyl halides is 2. The van der Waals surface area contributed by atoms with Crippen molar-refractivity contribution in [2.24, 2.45) is 0 Å². The lowest BCUT2D eigenvalue weighted by Gasteiger charge is -2.07. The van der Waals surface area contributed by atoms with E-state index in [-0.39, 0.29) is 5.69 Å². The summed E-state index contributed by atoms with van der Waals surface area (Å²) in [6.45, 7) is 3.76. The second-order valence-electron chi connectivity index (χ2n) is 3.98. The van der Waals surface area contributed by atoms with Gasteiger partial charge in [0.25, 0.3) is 12.0 Å². The number of nitrogens with one attached hydrogen (secondary N) is 1. The molecule has 0 unspecified atom stereocenters. The first-order valence-corrected chi connectivity index (χ1v) is 5.17. The molecule has 0 saturated carbocycles. The Labute approximate surface area is 96.7 Å².